The van der Waals surface area contributed by atoms with Crippen molar-refractivity contribution in [2.75, 3.05) is 5.73 Å². The number of aryl methyl sites for hydroxylation is 1. The van der Waals surface area contributed by atoms with Crippen LogP contribution in [0.2, 0.25) is 0 Å². The number of nitrogens with one attached hydrogen (secondary N) is 1. The lowest BCUT2D eigenvalue weighted by Gasteiger charge is -2.31. The Kier molecular flexibility index (Phi) is 4.20. The van der Waals surface area contributed by atoms with Crippen LogP contribution in [-0.4, -0.2) is 19.4 Å². The second kappa shape index (κ2) is 5.61. The summed E-state index contributed by atoms with van der Waals surface area (Å²) in [5.41, 5.74) is 5.52. The third-order valence-electron chi connectivity index (χ3n) is 4.01. The Balaban J connectivity index is 2.34. The number of hydrogen-bond donors (Lipinski definition) is 2. The summed E-state index contributed by atoms with van der Waals surface area (Å²) in [4.78, 5) is 10.1. The average molecular weight is 313 g/mol. The second-order valence-corrected chi connectivity index (χ2v) is 7.22. The Morgan fingerprint density at radius 1 is 1.43 bits per heavy atom. The Labute approximate surface area is 123 Å². The maximum absolute atomic E-state index is 12.4. The monoisotopic (exact) mass is 313 g/mol. The van der Waals surface area contributed by atoms with Crippen LogP contribution in [-0.2, 0) is 10.0 Å². The van der Waals surface area contributed by atoms with Crippen LogP contribution in [0.15, 0.2) is 17.0 Å². The summed E-state index contributed by atoms with van der Waals surface area (Å²) < 4.78 is 27.4. The van der Waals surface area contributed by atoms with Gasteiger partial charge in [-0.15, -0.1) is 0 Å². The molecule has 0 heterocycles. The van der Waals surface area contributed by atoms with Crippen molar-refractivity contribution in [3.63, 3.8) is 0 Å². The SMILES string of the molecule is Cc1cc(N)c([N+](=O)[O-])cc1S(=O)(=O)NC(C)C1CCC1. The molecule has 1 aliphatic carbocycles. The molecule has 0 aliphatic heterocycles. The van der Waals surface area contributed by atoms with E-state index in [4.69, 9.17) is 5.73 Å². The van der Waals surface area contributed by atoms with Crippen LogP contribution in [0.5, 0.6) is 0 Å². The summed E-state index contributed by atoms with van der Waals surface area (Å²) in [6, 6.07) is 2.17. The largest absolute Gasteiger partial charge is 0.393 e. The molecule has 0 spiro atoms. The van der Waals surface area contributed by atoms with E-state index in [-0.39, 0.29) is 16.6 Å². The second-order valence-electron chi connectivity index (χ2n) is 5.53. The number of sulfonamides is 1. The predicted octanol–water partition coefficient (Wildman–Crippen LogP) is 1.95. The quantitative estimate of drug-likeness (QED) is 0.489. The van der Waals surface area contributed by atoms with E-state index in [2.05, 4.69) is 4.72 Å². The molecule has 1 saturated carbocycles. The van der Waals surface area contributed by atoms with Gasteiger partial charge in [0.1, 0.15) is 5.69 Å². The molecular weight excluding hydrogens is 294 g/mol. The molecule has 1 aliphatic rings. The molecule has 0 saturated heterocycles. The van der Waals surface area contributed by atoms with Gasteiger partial charge in [-0.2, -0.15) is 0 Å². The fourth-order valence-electron chi connectivity index (χ4n) is 2.49. The van der Waals surface area contributed by atoms with Gasteiger partial charge in [-0.3, -0.25) is 10.1 Å². The molecule has 0 radical (unpaired) electrons. The highest BCUT2D eigenvalue weighted by Crippen LogP contribution is 2.32. The molecule has 8 heteroatoms. The third kappa shape index (κ3) is 3.16. The molecule has 116 valence electrons. The van der Waals surface area contributed by atoms with Crippen molar-refractivity contribution in [3.05, 3.63) is 27.8 Å². The highest BCUT2D eigenvalue weighted by atomic mass is 32.2. The number of nitrogens with zero attached hydrogens (tertiary/aromatic N) is 1. The number of nitro groups is 1. The minimum Gasteiger partial charge on any atom is -0.393 e. The highest BCUT2D eigenvalue weighted by molar-refractivity contribution is 7.89. The molecule has 0 amide bonds. The number of anilines is 1. The van der Waals surface area contributed by atoms with Gasteiger partial charge in [0.15, 0.2) is 0 Å². The Morgan fingerprint density at radius 2 is 2.05 bits per heavy atom. The van der Waals surface area contributed by atoms with Gasteiger partial charge in [-0.05, 0) is 44.2 Å². The molecule has 0 bridgehead atoms. The predicted molar refractivity (Wildman–Crippen MR) is 79.4 cm³/mol. The van der Waals surface area contributed by atoms with Crippen LogP contribution in [0, 0.1) is 23.0 Å². The first kappa shape index (κ1) is 15.7. The zero-order valence-corrected chi connectivity index (χ0v) is 12.8. The number of nitro benzene ring substituents is 1. The van der Waals surface area contributed by atoms with Gasteiger partial charge in [0.2, 0.25) is 10.0 Å². The molecule has 1 fully saturated rings. The number of nitrogen functional groups attached to an aromatic ring is 1. The van der Waals surface area contributed by atoms with Crippen LogP contribution in [0.4, 0.5) is 11.4 Å². The maximum atomic E-state index is 12.4. The van der Waals surface area contributed by atoms with Crippen molar-refractivity contribution in [2.24, 2.45) is 5.92 Å². The number of rotatable bonds is 5. The standard InChI is InChI=1S/C13H19N3O4S/c1-8-6-11(14)12(16(17)18)7-13(8)21(19,20)15-9(2)10-4-3-5-10/h6-7,9-10,15H,3-5,14H2,1-2H3. The Hall–Kier alpha value is -1.67. The maximum Gasteiger partial charge on any atom is 0.293 e. The molecule has 1 aromatic rings. The number of benzene rings is 1. The van der Waals surface area contributed by atoms with Gasteiger partial charge in [0, 0.05) is 12.1 Å². The van der Waals surface area contributed by atoms with E-state index in [1.54, 1.807) is 6.92 Å². The average Bonchev–Trinajstić information content (AvgIpc) is 2.23. The lowest BCUT2D eigenvalue weighted by Crippen LogP contribution is -2.40. The molecule has 1 aromatic carbocycles. The van der Waals surface area contributed by atoms with E-state index in [9.17, 15) is 18.5 Å². The molecule has 7 nitrogen and oxygen atoms in total. The van der Waals surface area contributed by atoms with Crippen molar-refractivity contribution in [3.8, 4) is 0 Å². The molecule has 1 unspecified atom stereocenters. The molecule has 21 heavy (non-hydrogen) atoms. The van der Waals surface area contributed by atoms with E-state index < -0.39 is 20.6 Å². The zero-order valence-electron chi connectivity index (χ0n) is 12.0. The lowest BCUT2D eigenvalue weighted by molar-refractivity contribution is -0.384. The van der Waals surface area contributed by atoms with E-state index in [1.165, 1.54) is 6.07 Å². The van der Waals surface area contributed by atoms with Crippen LogP contribution < -0.4 is 10.5 Å². The van der Waals surface area contributed by atoms with E-state index in [0.29, 0.717) is 11.5 Å². The first-order valence-corrected chi connectivity index (χ1v) is 8.27. The van der Waals surface area contributed by atoms with Crippen LogP contribution in [0.3, 0.4) is 0 Å². The minimum atomic E-state index is -3.79. The summed E-state index contributed by atoms with van der Waals surface area (Å²) in [6.07, 6.45) is 3.12. The normalized spacial score (nSPS) is 17.2. The van der Waals surface area contributed by atoms with Gasteiger partial charge in [-0.1, -0.05) is 6.42 Å². The third-order valence-corrected chi connectivity index (χ3v) is 5.71. The smallest absolute Gasteiger partial charge is 0.293 e. The summed E-state index contributed by atoms with van der Waals surface area (Å²) in [6.45, 7) is 3.39. The Bertz CT molecular complexity index is 668. The van der Waals surface area contributed by atoms with Gasteiger partial charge in [-0.25, -0.2) is 13.1 Å². The topological polar surface area (TPSA) is 115 Å². The summed E-state index contributed by atoms with van der Waals surface area (Å²) in [5, 5.41) is 10.9. The summed E-state index contributed by atoms with van der Waals surface area (Å²) in [7, 11) is -3.79. The zero-order chi connectivity index (χ0) is 15.8. The van der Waals surface area contributed by atoms with Crippen LogP contribution >= 0.6 is 0 Å². The van der Waals surface area contributed by atoms with E-state index >= 15 is 0 Å². The van der Waals surface area contributed by atoms with Crippen LogP contribution in [0.1, 0.15) is 31.7 Å². The van der Waals surface area contributed by atoms with Gasteiger partial charge < -0.3 is 5.73 Å². The molecule has 0 aromatic heterocycles. The van der Waals surface area contributed by atoms with Crippen molar-refractivity contribution >= 4 is 21.4 Å². The number of nitrogens with two attached hydrogens (primary N) is 1. The van der Waals surface area contributed by atoms with Crippen molar-refractivity contribution in [1.82, 2.24) is 4.72 Å². The summed E-state index contributed by atoms with van der Waals surface area (Å²) >= 11 is 0. The molecule has 3 N–H and O–H groups in total. The van der Waals surface area contributed by atoms with E-state index in [0.717, 1.165) is 25.3 Å². The van der Waals surface area contributed by atoms with Gasteiger partial charge in [0.05, 0.1) is 9.82 Å². The van der Waals surface area contributed by atoms with Crippen molar-refractivity contribution < 1.29 is 13.3 Å². The van der Waals surface area contributed by atoms with Crippen LogP contribution in [0.25, 0.3) is 0 Å². The molecular formula is C13H19N3O4S. The highest BCUT2D eigenvalue weighted by Gasteiger charge is 2.30. The Morgan fingerprint density at radius 3 is 2.52 bits per heavy atom. The fourth-order valence-corrected chi connectivity index (χ4v) is 4.05. The minimum absolute atomic E-state index is 0.0384. The fraction of sp³-hybridized carbons (Fsp3) is 0.538. The lowest BCUT2D eigenvalue weighted by atomic mass is 9.81. The molecule has 1 atom stereocenters. The number of hydrogen-bond acceptors (Lipinski definition) is 5. The first-order chi connectivity index (χ1) is 9.72. The van der Waals surface area contributed by atoms with Gasteiger partial charge in [0.25, 0.3) is 5.69 Å². The first-order valence-electron chi connectivity index (χ1n) is 6.79. The molecule has 2 rings (SSSR count). The van der Waals surface area contributed by atoms with Gasteiger partial charge >= 0.3 is 0 Å². The van der Waals surface area contributed by atoms with Crippen molar-refractivity contribution in [1.29, 1.82) is 0 Å². The summed E-state index contributed by atoms with van der Waals surface area (Å²) in [5.74, 6) is 0.337. The van der Waals surface area contributed by atoms with Crippen molar-refractivity contribution in [2.45, 2.75) is 44.0 Å². The van der Waals surface area contributed by atoms with E-state index in [1.807, 2.05) is 6.92 Å².